The van der Waals surface area contributed by atoms with Crippen LogP contribution in [-0.2, 0) is 20.7 Å². The summed E-state index contributed by atoms with van der Waals surface area (Å²) in [4.78, 5) is 27.0. The number of pyridine rings is 1. The summed E-state index contributed by atoms with van der Waals surface area (Å²) in [6, 6.07) is 2.25. The van der Waals surface area contributed by atoms with E-state index < -0.39 is 23.8 Å². The molecule has 1 fully saturated rings. The Kier molecular flexibility index (Phi) is 4.01. The molecule has 1 amide bonds. The molecule has 0 aliphatic carbocycles. The summed E-state index contributed by atoms with van der Waals surface area (Å²) < 4.78 is 4.78. The van der Waals surface area contributed by atoms with E-state index in [2.05, 4.69) is 4.98 Å². The highest BCUT2D eigenvalue weighted by Crippen LogP contribution is 2.30. The number of ether oxygens (including phenoxy) is 1. The van der Waals surface area contributed by atoms with Crippen molar-refractivity contribution < 1.29 is 14.3 Å². The lowest BCUT2D eigenvalue weighted by Crippen LogP contribution is -2.62. The van der Waals surface area contributed by atoms with Crippen LogP contribution >= 0.6 is 11.6 Å². The summed E-state index contributed by atoms with van der Waals surface area (Å²) >= 11 is 5.66. The first kappa shape index (κ1) is 13.8. The molecule has 7 heteroatoms. The Morgan fingerprint density at radius 1 is 1.58 bits per heavy atom. The molecule has 1 aromatic rings. The molecule has 0 aromatic carbocycles. The minimum atomic E-state index is -1.05. The van der Waals surface area contributed by atoms with E-state index in [4.69, 9.17) is 16.3 Å². The van der Waals surface area contributed by atoms with Gasteiger partial charge < -0.3 is 15.0 Å². The van der Waals surface area contributed by atoms with Gasteiger partial charge in [0.25, 0.3) is 0 Å². The third-order valence-corrected chi connectivity index (χ3v) is 3.16. The first-order chi connectivity index (χ1) is 9.04. The highest BCUT2D eigenvalue weighted by atomic mass is 35.5. The Hall–Kier alpha value is -1.66. The summed E-state index contributed by atoms with van der Waals surface area (Å²) in [5.41, 5.74) is 0.741. The second kappa shape index (κ2) is 5.54. The van der Waals surface area contributed by atoms with Crippen molar-refractivity contribution in [3.8, 4) is 0 Å². The van der Waals surface area contributed by atoms with Crippen molar-refractivity contribution in [2.75, 3.05) is 6.61 Å². The lowest BCUT2D eigenvalue weighted by molar-refractivity contribution is -0.169. The van der Waals surface area contributed by atoms with Crippen LogP contribution in [0.2, 0.25) is 5.15 Å². The number of amides is 1. The van der Waals surface area contributed by atoms with Gasteiger partial charge in [0, 0.05) is 6.20 Å². The Morgan fingerprint density at radius 3 is 2.89 bits per heavy atom. The van der Waals surface area contributed by atoms with Crippen molar-refractivity contribution >= 4 is 23.5 Å². The summed E-state index contributed by atoms with van der Waals surface area (Å²) in [7, 11) is 0. The molecule has 0 spiro atoms. The van der Waals surface area contributed by atoms with E-state index in [-0.39, 0.29) is 18.1 Å². The molecule has 0 N–H and O–H groups in total. The number of rotatable bonds is 4. The third-order valence-electron chi connectivity index (χ3n) is 2.94. The molecule has 0 unspecified atom stereocenters. The lowest BCUT2D eigenvalue weighted by atomic mass is 9.84. The van der Waals surface area contributed by atoms with Crippen LogP contribution in [0.5, 0.6) is 0 Å². The van der Waals surface area contributed by atoms with Gasteiger partial charge in [-0.1, -0.05) is 17.7 Å². The van der Waals surface area contributed by atoms with Crippen LogP contribution in [0.1, 0.15) is 12.5 Å². The fourth-order valence-corrected chi connectivity index (χ4v) is 2.10. The number of β-lactam (4-membered cyclic amide) rings is 1. The van der Waals surface area contributed by atoms with E-state index in [1.54, 1.807) is 19.1 Å². The van der Waals surface area contributed by atoms with Crippen molar-refractivity contribution in [1.29, 1.82) is 0 Å². The molecule has 1 aliphatic rings. The summed E-state index contributed by atoms with van der Waals surface area (Å²) in [6.07, 6.45) is 1.79. The SMILES string of the molecule is CCOC(=O)[C@@H]1[C@@H](Cc2ccc(Cl)nc2)C(=O)N1[O-]. The molecule has 2 heterocycles. The number of hydrogen-bond donors (Lipinski definition) is 0. The predicted molar refractivity (Wildman–Crippen MR) is 67.1 cm³/mol. The number of esters is 1. The first-order valence-electron chi connectivity index (χ1n) is 5.82. The molecular weight excluding hydrogens is 272 g/mol. The molecule has 1 saturated heterocycles. The van der Waals surface area contributed by atoms with Gasteiger partial charge in [-0.3, -0.25) is 4.79 Å². The van der Waals surface area contributed by atoms with Gasteiger partial charge in [-0.2, -0.15) is 0 Å². The van der Waals surface area contributed by atoms with E-state index in [9.17, 15) is 14.8 Å². The summed E-state index contributed by atoms with van der Waals surface area (Å²) in [5, 5.41) is 11.9. The number of hydroxylamine groups is 2. The zero-order chi connectivity index (χ0) is 14.0. The molecule has 6 nitrogen and oxygen atoms in total. The van der Waals surface area contributed by atoms with E-state index in [0.717, 1.165) is 5.56 Å². The van der Waals surface area contributed by atoms with Crippen LogP contribution in [-0.4, -0.2) is 34.6 Å². The van der Waals surface area contributed by atoms with Crippen LogP contribution in [0, 0.1) is 11.1 Å². The fourth-order valence-electron chi connectivity index (χ4n) is 1.98. The van der Waals surface area contributed by atoms with E-state index in [1.165, 1.54) is 6.20 Å². The molecule has 2 atom stereocenters. The fraction of sp³-hybridized carbons (Fsp3) is 0.417. The van der Waals surface area contributed by atoms with Gasteiger partial charge in [0.1, 0.15) is 11.2 Å². The number of hydrogen-bond acceptors (Lipinski definition) is 5. The zero-order valence-electron chi connectivity index (χ0n) is 10.2. The van der Waals surface area contributed by atoms with Crippen molar-refractivity contribution in [3.63, 3.8) is 0 Å². The number of carbonyl (C=O) groups excluding carboxylic acids is 2. The molecule has 0 radical (unpaired) electrons. The van der Waals surface area contributed by atoms with Crippen molar-refractivity contribution in [1.82, 2.24) is 10.0 Å². The quantitative estimate of drug-likeness (QED) is 0.470. The Bertz CT molecular complexity index is 491. The summed E-state index contributed by atoms with van der Waals surface area (Å²) in [5.74, 6) is -1.95. The smallest absolute Gasteiger partial charge is 0.328 e. The number of carbonyl (C=O) groups is 2. The topological polar surface area (TPSA) is 82.6 Å². The molecule has 0 saturated carbocycles. The van der Waals surface area contributed by atoms with Gasteiger partial charge in [0.05, 0.1) is 12.5 Å². The Labute approximate surface area is 114 Å². The normalized spacial score (nSPS) is 22.1. The predicted octanol–water partition coefficient (Wildman–Crippen LogP) is 1.17. The van der Waals surface area contributed by atoms with Crippen molar-refractivity contribution in [3.05, 3.63) is 34.3 Å². The maximum Gasteiger partial charge on any atom is 0.328 e. The molecular formula is C12H12ClN2O4-. The van der Waals surface area contributed by atoms with E-state index in [0.29, 0.717) is 5.15 Å². The Balaban J connectivity index is 2.07. The number of aromatic nitrogens is 1. The molecule has 1 aliphatic heterocycles. The zero-order valence-corrected chi connectivity index (χ0v) is 11.0. The second-order valence-electron chi connectivity index (χ2n) is 4.16. The van der Waals surface area contributed by atoms with Gasteiger partial charge in [-0.25, -0.2) is 9.78 Å². The molecule has 102 valence electrons. The van der Waals surface area contributed by atoms with Crippen molar-refractivity contribution in [2.45, 2.75) is 19.4 Å². The Morgan fingerprint density at radius 2 is 2.32 bits per heavy atom. The monoisotopic (exact) mass is 283 g/mol. The molecule has 2 rings (SSSR count). The van der Waals surface area contributed by atoms with Crippen LogP contribution < -0.4 is 0 Å². The van der Waals surface area contributed by atoms with Gasteiger partial charge in [-0.15, -0.1) is 0 Å². The lowest BCUT2D eigenvalue weighted by Gasteiger charge is -2.50. The van der Waals surface area contributed by atoms with E-state index >= 15 is 0 Å². The van der Waals surface area contributed by atoms with Crippen LogP contribution in [0.4, 0.5) is 0 Å². The number of halogens is 1. The highest BCUT2D eigenvalue weighted by Gasteiger charge is 2.47. The summed E-state index contributed by atoms with van der Waals surface area (Å²) in [6.45, 7) is 1.82. The van der Waals surface area contributed by atoms with Gasteiger partial charge in [-0.05, 0) is 25.0 Å². The van der Waals surface area contributed by atoms with Crippen LogP contribution in [0.15, 0.2) is 18.3 Å². The maximum atomic E-state index is 11.6. The standard InChI is InChI=1S/C12H12ClN2O4/c1-2-19-12(17)10-8(11(16)15(10)18)5-7-3-4-9(13)14-6-7/h3-4,6,8,10H,2,5H2,1H3/q-1/t8-,10+/m1/s1. The molecule has 19 heavy (non-hydrogen) atoms. The molecule has 0 bridgehead atoms. The molecule has 1 aromatic heterocycles. The van der Waals surface area contributed by atoms with Gasteiger partial charge in [0.2, 0.25) is 5.91 Å². The minimum absolute atomic E-state index is 0.173. The van der Waals surface area contributed by atoms with Crippen LogP contribution in [0.3, 0.4) is 0 Å². The average Bonchev–Trinajstić information content (AvgIpc) is 2.40. The largest absolute Gasteiger partial charge is 0.756 e. The third kappa shape index (κ3) is 2.69. The number of nitrogens with zero attached hydrogens (tertiary/aromatic N) is 2. The second-order valence-corrected chi connectivity index (χ2v) is 4.55. The van der Waals surface area contributed by atoms with E-state index in [1.807, 2.05) is 0 Å². The first-order valence-corrected chi connectivity index (χ1v) is 6.19. The van der Waals surface area contributed by atoms with Crippen LogP contribution in [0.25, 0.3) is 0 Å². The average molecular weight is 284 g/mol. The minimum Gasteiger partial charge on any atom is -0.756 e. The van der Waals surface area contributed by atoms with Gasteiger partial charge in [0.15, 0.2) is 0 Å². The van der Waals surface area contributed by atoms with Crippen molar-refractivity contribution in [2.24, 2.45) is 5.92 Å². The van der Waals surface area contributed by atoms with Gasteiger partial charge >= 0.3 is 5.97 Å². The maximum absolute atomic E-state index is 11.6. The highest BCUT2D eigenvalue weighted by molar-refractivity contribution is 6.29.